The number of thiocarbonyl (C=S) groups is 1. The second kappa shape index (κ2) is 7.77. The van der Waals surface area contributed by atoms with Crippen molar-refractivity contribution >= 4 is 29.0 Å². The lowest BCUT2D eigenvalue weighted by molar-refractivity contribution is 0.414. The Labute approximate surface area is 167 Å². The van der Waals surface area contributed by atoms with E-state index in [1.54, 1.807) is 24.3 Å². The lowest BCUT2D eigenvalue weighted by Crippen LogP contribution is -2.47. The van der Waals surface area contributed by atoms with Gasteiger partial charge < -0.3 is 20.3 Å². The number of rotatable bonds is 5. The molecule has 0 atom stereocenters. The molecule has 0 saturated carbocycles. The average molecular weight is 396 g/mol. The van der Waals surface area contributed by atoms with Gasteiger partial charge >= 0.3 is 0 Å². The summed E-state index contributed by atoms with van der Waals surface area (Å²) < 4.78 is 5.20. The van der Waals surface area contributed by atoms with Crippen molar-refractivity contribution in [3.05, 3.63) is 48.4 Å². The summed E-state index contributed by atoms with van der Waals surface area (Å²) in [6.07, 6.45) is 3.50. The fourth-order valence-electron chi connectivity index (χ4n) is 3.08. The Bertz CT molecular complexity index is 951. The van der Waals surface area contributed by atoms with E-state index in [9.17, 15) is 0 Å². The van der Waals surface area contributed by atoms with Gasteiger partial charge in [-0.3, -0.25) is 0 Å². The minimum atomic E-state index is 0.226. The third kappa shape index (κ3) is 3.58. The summed E-state index contributed by atoms with van der Waals surface area (Å²) >= 11 is 5.21. The van der Waals surface area contributed by atoms with Crippen LogP contribution < -0.4 is 20.3 Å². The maximum absolute atomic E-state index is 5.92. The fourth-order valence-corrected chi connectivity index (χ4v) is 3.21. The molecule has 1 fully saturated rings. The first-order valence-electron chi connectivity index (χ1n) is 8.84. The Balaban J connectivity index is 1.55. The van der Waals surface area contributed by atoms with Gasteiger partial charge in [0.25, 0.3) is 0 Å². The summed E-state index contributed by atoms with van der Waals surface area (Å²) in [6.45, 7) is 3.04. The predicted octanol–water partition coefficient (Wildman–Crippen LogP) is 1.03. The zero-order valence-corrected chi connectivity index (χ0v) is 16.2. The van der Waals surface area contributed by atoms with Gasteiger partial charge in [0.2, 0.25) is 5.95 Å². The summed E-state index contributed by atoms with van der Waals surface area (Å²) in [5.74, 6) is 2.19. The van der Waals surface area contributed by atoms with Crippen LogP contribution >= 0.6 is 12.2 Å². The van der Waals surface area contributed by atoms with Gasteiger partial charge in [-0.25, -0.2) is 9.97 Å². The number of anilines is 2. The van der Waals surface area contributed by atoms with E-state index < -0.39 is 0 Å². The van der Waals surface area contributed by atoms with Crippen LogP contribution in [-0.4, -0.2) is 63.2 Å². The van der Waals surface area contributed by atoms with Crippen molar-refractivity contribution in [2.45, 2.75) is 0 Å². The van der Waals surface area contributed by atoms with Crippen molar-refractivity contribution in [3.63, 3.8) is 0 Å². The first kappa shape index (κ1) is 18.1. The van der Waals surface area contributed by atoms with Gasteiger partial charge in [-0.1, -0.05) is 12.2 Å². The summed E-state index contributed by atoms with van der Waals surface area (Å²) in [6, 6.07) is 9.30. The second-order valence-corrected chi connectivity index (χ2v) is 6.69. The summed E-state index contributed by atoms with van der Waals surface area (Å²) in [5, 5.41) is 9.16. The highest BCUT2D eigenvalue weighted by Crippen LogP contribution is 2.22. The van der Waals surface area contributed by atoms with Crippen LogP contribution in [-0.2, 0) is 0 Å². The van der Waals surface area contributed by atoms with E-state index in [0.29, 0.717) is 11.5 Å². The molecule has 2 N–H and O–H groups in total. The highest BCUT2D eigenvalue weighted by Gasteiger charge is 2.25. The van der Waals surface area contributed by atoms with E-state index >= 15 is 0 Å². The summed E-state index contributed by atoms with van der Waals surface area (Å²) in [4.78, 5) is 14.7. The molecule has 4 rings (SSSR count). The smallest absolute Gasteiger partial charge is 0.225 e. The summed E-state index contributed by atoms with van der Waals surface area (Å²) in [5.41, 5.74) is 7.24. The van der Waals surface area contributed by atoms with Crippen LogP contribution in [0.2, 0.25) is 0 Å². The third-order valence-electron chi connectivity index (χ3n) is 4.55. The van der Waals surface area contributed by atoms with E-state index in [2.05, 4.69) is 30.0 Å². The lowest BCUT2D eigenvalue weighted by Gasteiger charge is -2.34. The zero-order valence-electron chi connectivity index (χ0n) is 15.4. The zero-order chi connectivity index (χ0) is 19.5. The van der Waals surface area contributed by atoms with E-state index in [0.717, 1.165) is 43.6 Å². The van der Waals surface area contributed by atoms with Gasteiger partial charge in [-0.05, 0) is 30.3 Å². The van der Waals surface area contributed by atoms with Crippen LogP contribution in [0.3, 0.4) is 0 Å². The highest BCUT2D eigenvalue weighted by molar-refractivity contribution is 7.80. The first-order valence-corrected chi connectivity index (χ1v) is 9.25. The monoisotopic (exact) mass is 396 g/mol. The molecule has 0 spiro atoms. The Morgan fingerprint density at radius 3 is 2.25 bits per heavy atom. The van der Waals surface area contributed by atoms with Crippen LogP contribution in [0.1, 0.15) is 5.69 Å². The average Bonchev–Trinajstić information content (AvgIpc) is 3.20. The van der Waals surface area contributed by atoms with E-state index in [-0.39, 0.29) is 4.99 Å². The largest absolute Gasteiger partial charge is 0.497 e. The molecule has 9 nitrogen and oxygen atoms in total. The van der Waals surface area contributed by atoms with Gasteiger partial charge in [0.05, 0.1) is 12.8 Å². The molecule has 0 amide bonds. The van der Waals surface area contributed by atoms with Gasteiger partial charge in [0.1, 0.15) is 10.7 Å². The molecule has 1 aromatic carbocycles. The predicted molar refractivity (Wildman–Crippen MR) is 110 cm³/mol. The van der Waals surface area contributed by atoms with Crippen LogP contribution in [0, 0.1) is 0 Å². The van der Waals surface area contributed by atoms with Crippen LogP contribution in [0.5, 0.6) is 5.75 Å². The third-order valence-corrected chi connectivity index (χ3v) is 4.74. The van der Waals surface area contributed by atoms with Crippen molar-refractivity contribution < 1.29 is 4.74 Å². The Hall–Kier alpha value is -3.27. The molecule has 0 bridgehead atoms. The van der Waals surface area contributed by atoms with Crippen molar-refractivity contribution in [2.75, 3.05) is 43.1 Å². The minimum Gasteiger partial charge on any atom is -0.497 e. The number of hydrogen-bond donors (Lipinski definition) is 1. The maximum Gasteiger partial charge on any atom is 0.225 e. The van der Waals surface area contributed by atoms with Crippen molar-refractivity contribution in [1.82, 2.24) is 25.0 Å². The standard InChI is InChI=1S/C18H20N8OS/c1-27-14-5-3-13(4-6-14)26-22-15(16(19)28)17(23-26)24-9-11-25(12-10-24)18-20-7-2-8-21-18/h2-8H,9-12H2,1H3,(H2,19,28). The number of benzene rings is 1. The molecule has 28 heavy (non-hydrogen) atoms. The molecule has 0 aliphatic carbocycles. The van der Waals surface area contributed by atoms with Crippen LogP contribution in [0.15, 0.2) is 42.7 Å². The van der Waals surface area contributed by atoms with Crippen molar-refractivity contribution in [3.8, 4) is 11.4 Å². The van der Waals surface area contributed by atoms with Gasteiger partial charge in [0.15, 0.2) is 11.5 Å². The Morgan fingerprint density at radius 1 is 1.00 bits per heavy atom. The molecule has 144 valence electrons. The van der Waals surface area contributed by atoms with E-state index in [1.165, 1.54) is 0 Å². The number of nitrogens with zero attached hydrogens (tertiary/aromatic N) is 7. The SMILES string of the molecule is COc1ccc(-n2nc(C(N)=S)c(N3CCN(c4ncccn4)CC3)n2)cc1. The molecule has 0 radical (unpaired) electrons. The topological polar surface area (TPSA) is 98.2 Å². The van der Waals surface area contributed by atoms with Crippen LogP contribution in [0.4, 0.5) is 11.8 Å². The molecule has 3 aromatic rings. The quantitative estimate of drug-likeness (QED) is 0.634. The van der Waals surface area contributed by atoms with E-state index in [1.807, 2.05) is 30.3 Å². The maximum atomic E-state index is 5.92. The molecule has 2 aromatic heterocycles. The summed E-state index contributed by atoms with van der Waals surface area (Å²) in [7, 11) is 1.63. The minimum absolute atomic E-state index is 0.226. The van der Waals surface area contributed by atoms with Gasteiger partial charge in [0, 0.05) is 38.6 Å². The second-order valence-electron chi connectivity index (χ2n) is 6.25. The number of hydrogen-bond acceptors (Lipinski definition) is 8. The molecule has 1 aliphatic rings. The Kier molecular flexibility index (Phi) is 5.02. The number of methoxy groups -OCH3 is 1. The van der Waals surface area contributed by atoms with Gasteiger partial charge in [-0.2, -0.15) is 0 Å². The lowest BCUT2D eigenvalue weighted by atomic mass is 10.3. The number of aromatic nitrogens is 5. The number of piperazine rings is 1. The van der Waals surface area contributed by atoms with Crippen molar-refractivity contribution in [1.29, 1.82) is 0 Å². The highest BCUT2D eigenvalue weighted by atomic mass is 32.1. The molecule has 1 saturated heterocycles. The first-order chi connectivity index (χ1) is 13.7. The Morgan fingerprint density at radius 2 is 1.64 bits per heavy atom. The number of ether oxygens (including phenoxy) is 1. The number of nitrogens with two attached hydrogens (primary N) is 1. The molecule has 1 aliphatic heterocycles. The normalized spacial score (nSPS) is 14.2. The molecule has 0 unspecified atom stereocenters. The van der Waals surface area contributed by atoms with Crippen molar-refractivity contribution in [2.24, 2.45) is 5.73 Å². The van der Waals surface area contributed by atoms with Gasteiger partial charge in [-0.15, -0.1) is 15.0 Å². The molecular formula is C18H20N8OS. The van der Waals surface area contributed by atoms with Crippen LogP contribution in [0.25, 0.3) is 5.69 Å². The molecule has 3 heterocycles. The molecular weight excluding hydrogens is 376 g/mol. The fraction of sp³-hybridized carbons (Fsp3) is 0.278. The van der Waals surface area contributed by atoms with E-state index in [4.69, 9.17) is 22.7 Å². The molecule has 10 heteroatoms.